The van der Waals surface area contributed by atoms with Gasteiger partial charge in [-0.1, -0.05) is 14.0 Å². The van der Waals surface area contributed by atoms with Crippen molar-refractivity contribution in [1.82, 2.24) is 4.90 Å². The standard InChI is InChI=1S/C8H13N.CH4/c1-6-5-9(4)8(3)7(6)2;/h3,5H2,1-2,4H3;1H4. The quantitative estimate of drug-likeness (QED) is 0.498. The Morgan fingerprint density at radius 3 is 2.00 bits per heavy atom. The van der Waals surface area contributed by atoms with Crippen molar-refractivity contribution in [3.63, 3.8) is 0 Å². The van der Waals surface area contributed by atoms with E-state index in [9.17, 15) is 0 Å². The minimum atomic E-state index is 0. The molecule has 0 fully saturated rings. The fraction of sp³-hybridized carbons (Fsp3) is 0.556. The molecule has 0 bridgehead atoms. The molecule has 0 unspecified atom stereocenters. The van der Waals surface area contributed by atoms with Gasteiger partial charge in [0.1, 0.15) is 0 Å². The van der Waals surface area contributed by atoms with Crippen molar-refractivity contribution in [2.75, 3.05) is 13.6 Å². The van der Waals surface area contributed by atoms with Gasteiger partial charge in [-0.15, -0.1) is 0 Å². The van der Waals surface area contributed by atoms with Crippen molar-refractivity contribution >= 4 is 0 Å². The second kappa shape index (κ2) is 2.91. The minimum absolute atomic E-state index is 0. The van der Waals surface area contributed by atoms with Gasteiger partial charge in [0, 0.05) is 19.3 Å². The van der Waals surface area contributed by atoms with Crippen LogP contribution in [0.25, 0.3) is 0 Å². The van der Waals surface area contributed by atoms with E-state index in [4.69, 9.17) is 0 Å². The van der Waals surface area contributed by atoms with Crippen LogP contribution < -0.4 is 0 Å². The average Bonchev–Trinajstić information content (AvgIpc) is 1.98. The number of likely N-dealkylation sites (N-methyl/N-ethyl adjacent to an activating group) is 1. The lowest BCUT2D eigenvalue weighted by Gasteiger charge is -2.11. The zero-order chi connectivity index (χ0) is 7.02. The van der Waals surface area contributed by atoms with E-state index in [2.05, 4.69) is 32.4 Å². The van der Waals surface area contributed by atoms with Gasteiger partial charge in [0.05, 0.1) is 0 Å². The third-order valence-electron chi connectivity index (χ3n) is 2.01. The fourth-order valence-corrected chi connectivity index (χ4v) is 1.10. The summed E-state index contributed by atoms with van der Waals surface area (Å²) in [7, 11) is 2.07. The van der Waals surface area contributed by atoms with Gasteiger partial charge in [0.15, 0.2) is 0 Å². The summed E-state index contributed by atoms with van der Waals surface area (Å²) in [6.45, 7) is 9.28. The molecule has 0 aliphatic carbocycles. The maximum Gasteiger partial charge on any atom is 0.0389 e. The second-order valence-electron chi connectivity index (χ2n) is 2.71. The second-order valence-corrected chi connectivity index (χ2v) is 2.71. The number of nitrogens with zero attached hydrogens (tertiary/aromatic N) is 1. The first kappa shape index (κ1) is 9.28. The van der Waals surface area contributed by atoms with Gasteiger partial charge in [-0.2, -0.15) is 0 Å². The highest BCUT2D eigenvalue weighted by Crippen LogP contribution is 2.23. The van der Waals surface area contributed by atoms with Gasteiger partial charge in [-0.25, -0.2) is 0 Å². The first-order chi connectivity index (χ1) is 4.13. The van der Waals surface area contributed by atoms with Crippen molar-refractivity contribution < 1.29 is 0 Å². The Balaban J connectivity index is 0.000000810. The van der Waals surface area contributed by atoms with Crippen molar-refractivity contribution in [3.8, 4) is 0 Å². The molecule has 1 aliphatic rings. The van der Waals surface area contributed by atoms with Gasteiger partial charge in [0.25, 0.3) is 0 Å². The van der Waals surface area contributed by atoms with E-state index in [0.717, 1.165) is 6.54 Å². The zero-order valence-electron chi connectivity index (χ0n) is 6.36. The van der Waals surface area contributed by atoms with Crippen LogP contribution in [0.1, 0.15) is 21.3 Å². The summed E-state index contributed by atoms with van der Waals surface area (Å²) in [5.41, 5.74) is 3.98. The molecule has 0 spiro atoms. The van der Waals surface area contributed by atoms with E-state index < -0.39 is 0 Å². The van der Waals surface area contributed by atoms with Gasteiger partial charge in [-0.3, -0.25) is 0 Å². The third kappa shape index (κ3) is 1.23. The van der Waals surface area contributed by atoms with Crippen LogP contribution in [-0.4, -0.2) is 18.5 Å². The van der Waals surface area contributed by atoms with Crippen LogP contribution in [0.15, 0.2) is 23.4 Å². The molecule has 0 aromatic rings. The molecule has 1 rings (SSSR count). The van der Waals surface area contributed by atoms with Gasteiger partial charge in [-0.05, 0) is 25.0 Å². The maximum atomic E-state index is 3.93. The van der Waals surface area contributed by atoms with E-state index in [1.54, 1.807) is 0 Å². The molecular formula is C9H17N. The molecule has 0 radical (unpaired) electrons. The lowest BCUT2D eigenvalue weighted by Crippen LogP contribution is -2.11. The summed E-state index contributed by atoms with van der Waals surface area (Å²) in [6, 6.07) is 0. The predicted molar refractivity (Wildman–Crippen MR) is 46.9 cm³/mol. The molecule has 0 aromatic carbocycles. The Labute approximate surface area is 64.0 Å². The summed E-state index contributed by atoms with van der Waals surface area (Å²) >= 11 is 0. The van der Waals surface area contributed by atoms with Crippen LogP contribution in [0.2, 0.25) is 0 Å². The Morgan fingerprint density at radius 2 is 1.90 bits per heavy atom. The molecule has 1 nitrogen and oxygen atoms in total. The fourth-order valence-electron chi connectivity index (χ4n) is 1.10. The van der Waals surface area contributed by atoms with E-state index >= 15 is 0 Å². The topological polar surface area (TPSA) is 3.24 Å². The Hall–Kier alpha value is -0.720. The zero-order valence-corrected chi connectivity index (χ0v) is 6.36. The minimum Gasteiger partial charge on any atom is -0.371 e. The van der Waals surface area contributed by atoms with E-state index in [1.807, 2.05) is 0 Å². The SMILES string of the molecule is C.C=C1C(C)=C(C)CN1C. The highest BCUT2D eigenvalue weighted by Gasteiger charge is 2.14. The number of allylic oxidation sites excluding steroid dienone is 1. The molecule has 1 heterocycles. The molecule has 0 atom stereocenters. The van der Waals surface area contributed by atoms with Crippen LogP contribution >= 0.6 is 0 Å². The number of rotatable bonds is 0. The lowest BCUT2D eigenvalue weighted by molar-refractivity contribution is 0.491. The Bertz CT molecular complexity index is 177. The predicted octanol–water partition coefficient (Wildman–Crippen LogP) is 2.42. The molecule has 10 heavy (non-hydrogen) atoms. The van der Waals surface area contributed by atoms with E-state index in [1.165, 1.54) is 16.8 Å². The van der Waals surface area contributed by atoms with Gasteiger partial charge < -0.3 is 4.90 Å². The first-order valence-corrected chi connectivity index (χ1v) is 3.19. The first-order valence-electron chi connectivity index (χ1n) is 3.19. The smallest absolute Gasteiger partial charge is 0.0389 e. The molecule has 58 valence electrons. The highest BCUT2D eigenvalue weighted by molar-refractivity contribution is 5.36. The van der Waals surface area contributed by atoms with Crippen LogP contribution in [-0.2, 0) is 0 Å². The number of hydrogen-bond acceptors (Lipinski definition) is 1. The van der Waals surface area contributed by atoms with Crippen molar-refractivity contribution in [2.45, 2.75) is 21.3 Å². The average molecular weight is 139 g/mol. The molecule has 1 heteroatoms. The largest absolute Gasteiger partial charge is 0.371 e. The third-order valence-corrected chi connectivity index (χ3v) is 2.01. The molecule has 1 aliphatic heterocycles. The monoisotopic (exact) mass is 139 g/mol. The van der Waals surface area contributed by atoms with Crippen molar-refractivity contribution in [3.05, 3.63) is 23.4 Å². The van der Waals surface area contributed by atoms with Crippen molar-refractivity contribution in [1.29, 1.82) is 0 Å². The summed E-state index contributed by atoms with van der Waals surface area (Å²) in [5.74, 6) is 0. The molecule has 0 saturated carbocycles. The normalized spacial score (nSPS) is 17.9. The number of hydrogen-bond donors (Lipinski definition) is 0. The molecule has 0 N–H and O–H groups in total. The lowest BCUT2D eigenvalue weighted by atomic mass is 10.2. The maximum absolute atomic E-state index is 3.93. The van der Waals surface area contributed by atoms with Crippen molar-refractivity contribution in [2.24, 2.45) is 0 Å². The van der Waals surface area contributed by atoms with Crippen LogP contribution in [0.5, 0.6) is 0 Å². The van der Waals surface area contributed by atoms with Crippen LogP contribution in [0.3, 0.4) is 0 Å². The van der Waals surface area contributed by atoms with Crippen LogP contribution in [0.4, 0.5) is 0 Å². The molecule has 0 amide bonds. The van der Waals surface area contributed by atoms with E-state index in [-0.39, 0.29) is 7.43 Å². The molecule has 0 saturated heterocycles. The Kier molecular flexibility index (Phi) is 2.70. The van der Waals surface area contributed by atoms with Gasteiger partial charge in [0.2, 0.25) is 0 Å². The summed E-state index contributed by atoms with van der Waals surface area (Å²) in [6.07, 6.45) is 0. The van der Waals surface area contributed by atoms with E-state index in [0.29, 0.717) is 0 Å². The summed E-state index contributed by atoms with van der Waals surface area (Å²) in [4.78, 5) is 2.17. The summed E-state index contributed by atoms with van der Waals surface area (Å²) in [5, 5.41) is 0. The molecular weight excluding hydrogens is 122 g/mol. The Morgan fingerprint density at radius 1 is 1.40 bits per heavy atom. The van der Waals surface area contributed by atoms with Gasteiger partial charge >= 0.3 is 0 Å². The van der Waals surface area contributed by atoms with Crippen LogP contribution in [0, 0.1) is 0 Å². The molecule has 0 aromatic heterocycles. The highest BCUT2D eigenvalue weighted by atomic mass is 15.1. The summed E-state index contributed by atoms with van der Waals surface area (Å²) < 4.78 is 0.